The predicted octanol–water partition coefficient (Wildman–Crippen LogP) is 3.16. The van der Waals surface area contributed by atoms with Crippen molar-refractivity contribution in [3.8, 4) is 11.5 Å². The Bertz CT molecular complexity index is 840. The number of rotatable bonds is 7. The van der Waals surface area contributed by atoms with E-state index in [1.54, 1.807) is 30.3 Å². The molecule has 8 heteroatoms. The maximum atomic E-state index is 12.5. The molecule has 0 unspecified atom stereocenters. The normalized spacial score (nSPS) is 10.0. The molecule has 0 radical (unpaired) electrons. The van der Waals surface area contributed by atoms with Gasteiger partial charge in [0.2, 0.25) is 0 Å². The Morgan fingerprint density at radius 2 is 1.82 bits per heavy atom. The number of benzene rings is 2. The Hall–Kier alpha value is -2.93. The number of nitrogens with two attached hydrogens (primary N) is 1. The number of aryl methyl sites for hydroxylation is 1. The second kappa shape index (κ2) is 10.4. The number of carbonyl (C=O) groups is 2. The number of nitrogen functional groups attached to an aromatic ring is 1. The van der Waals surface area contributed by atoms with Gasteiger partial charge in [0.05, 0.1) is 7.11 Å². The molecule has 2 aromatic rings. The fourth-order valence-electron chi connectivity index (χ4n) is 2.40. The molecular formula is C20H26ClN3O4. The van der Waals surface area contributed by atoms with Gasteiger partial charge in [-0.15, -0.1) is 12.4 Å². The summed E-state index contributed by atoms with van der Waals surface area (Å²) in [5.41, 5.74) is 8.28. The lowest BCUT2D eigenvalue weighted by Crippen LogP contribution is -2.34. The zero-order valence-electron chi connectivity index (χ0n) is 16.4. The summed E-state index contributed by atoms with van der Waals surface area (Å²) in [7, 11) is 1.47. The van der Waals surface area contributed by atoms with E-state index in [1.807, 2.05) is 26.8 Å². The summed E-state index contributed by atoms with van der Waals surface area (Å²) < 4.78 is 10.8. The number of anilines is 2. The Morgan fingerprint density at radius 1 is 1.11 bits per heavy atom. The Morgan fingerprint density at radius 3 is 2.46 bits per heavy atom. The summed E-state index contributed by atoms with van der Waals surface area (Å²) in [6.07, 6.45) is 0. The quantitative estimate of drug-likeness (QED) is 0.612. The number of halogens is 1. The fourth-order valence-corrected chi connectivity index (χ4v) is 2.40. The molecule has 0 fully saturated rings. The van der Waals surface area contributed by atoms with Gasteiger partial charge in [-0.2, -0.15) is 0 Å². The number of methoxy groups -OCH3 is 1. The topological polar surface area (TPSA) is 103 Å². The van der Waals surface area contributed by atoms with Crippen LogP contribution in [-0.2, 0) is 4.79 Å². The van der Waals surface area contributed by atoms with Crippen LogP contribution in [0.15, 0.2) is 36.4 Å². The lowest BCUT2D eigenvalue weighted by Gasteiger charge is -2.14. The van der Waals surface area contributed by atoms with Crippen molar-refractivity contribution in [3.05, 3.63) is 47.5 Å². The van der Waals surface area contributed by atoms with Crippen LogP contribution in [0.4, 0.5) is 11.4 Å². The number of hydrogen-bond donors (Lipinski definition) is 3. The lowest BCUT2D eigenvalue weighted by molar-refractivity contribution is -0.123. The third-order valence-corrected chi connectivity index (χ3v) is 3.74. The molecule has 7 nitrogen and oxygen atoms in total. The molecule has 4 N–H and O–H groups in total. The van der Waals surface area contributed by atoms with Gasteiger partial charge in [0, 0.05) is 23.0 Å². The van der Waals surface area contributed by atoms with Crippen LogP contribution in [0.1, 0.15) is 29.8 Å². The standard InChI is InChI=1S/C20H25N3O4.ClH/c1-12(2)22-19(24)11-27-17-8-6-14(9-18(17)26-4)20(25)23-16-10-15(21)7-5-13(16)3;/h5-10,12H,11,21H2,1-4H3,(H,22,24)(H,23,25);1H. The van der Waals surface area contributed by atoms with Crippen molar-refractivity contribution in [1.29, 1.82) is 0 Å². The molecule has 0 atom stereocenters. The molecule has 2 aromatic carbocycles. The van der Waals surface area contributed by atoms with Crippen molar-refractivity contribution >= 4 is 35.6 Å². The summed E-state index contributed by atoms with van der Waals surface area (Å²) >= 11 is 0. The third kappa shape index (κ3) is 6.35. The second-order valence-electron chi connectivity index (χ2n) is 6.41. The maximum Gasteiger partial charge on any atom is 0.258 e. The van der Waals surface area contributed by atoms with E-state index in [0.717, 1.165) is 5.56 Å². The van der Waals surface area contributed by atoms with Gasteiger partial charge in [-0.1, -0.05) is 6.07 Å². The van der Waals surface area contributed by atoms with Crippen molar-refractivity contribution in [3.63, 3.8) is 0 Å². The van der Waals surface area contributed by atoms with E-state index in [9.17, 15) is 9.59 Å². The van der Waals surface area contributed by atoms with Gasteiger partial charge in [-0.25, -0.2) is 0 Å². The molecule has 0 heterocycles. The second-order valence-corrected chi connectivity index (χ2v) is 6.41. The number of ether oxygens (including phenoxy) is 2. The smallest absolute Gasteiger partial charge is 0.258 e. The van der Waals surface area contributed by atoms with E-state index >= 15 is 0 Å². The van der Waals surface area contributed by atoms with Crippen LogP contribution < -0.4 is 25.8 Å². The number of nitrogens with one attached hydrogen (secondary N) is 2. The van der Waals surface area contributed by atoms with Crippen LogP contribution in [0, 0.1) is 6.92 Å². The average Bonchev–Trinajstić information content (AvgIpc) is 2.62. The Balaban J connectivity index is 0.00000392. The van der Waals surface area contributed by atoms with E-state index in [4.69, 9.17) is 15.2 Å². The van der Waals surface area contributed by atoms with Gasteiger partial charge in [0.15, 0.2) is 18.1 Å². The monoisotopic (exact) mass is 407 g/mol. The van der Waals surface area contributed by atoms with Gasteiger partial charge in [0.1, 0.15) is 0 Å². The highest BCUT2D eigenvalue weighted by molar-refractivity contribution is 6.05. The summed E-state index contributed by atoms with van der Waals surface area (Å²) in [5, 5.41) is 5.57. The highest BCUT2D eigenvalue weighted by Crippen LogP contribution is 2.28. The molecule has 0 saturated carbocycles. The molecule has 0 aliphatic carbocycles. The molecule has 0 aromatic heterocycles. The van der Waals surface area contributed by atoms with E-state index in [1.165, 1.54) is 7.11 Å². The minimum absolute atomic E-state index is 0. The van der Waals surface area contributed by atoms with E-state index in [0.29, 0.717) is 28.4 Å². The zero-order chi connectivity index (χ0) is 20.0. The number of amides is 2. The van der Waals surface area contributed by atoms with Crippen LogP contribution >= 0.6 is 12.4 Å². The van der Waals surface area contributed by atoms with Gasteiger partial charge in [-0.3, -0.25) is 9.59 Å². The highest BCUT2D eigenvalue weighted by Gasteiger charge is 2.14. The first-order chi connectivity index (χ1) is 12.8. The van der Waals surface area contributed by atoms with Crippen LogP contribution in [-0.4, -0.2) is 31.6 Å². The van der Waals surface area contributed by atoms with Gasteiger partial charge >= 0.3 is 0 Å². The van der Waals surface area contributed by atoms with Gasteiger partial charge < -0.3 is 25.8 Å². The lowest BCUT2D eigenvalue weighted by atomic mass is 10.1. The molecular weight excluding hydrogens is 382 g/mol. The largest absolute Gasteiger partial charge is 0.493 e. The molecule has 2 rings (SSSR count). The molecule has 0 spiro atoms. The summed E-state index contributed by atoms with van der Waals surface area (Å²) in [5.74, 6) is 0.217. The molecule has 0 aliphatic rings. The Kier molecular flexibility index (Phi) is 8.60. The van der Waals surface area contributed by atoms with Crippen molar-refractivity contribution < 1.29 is 19.1 Å². The Labute approximate surface area is 171 Å². The fraction of sp³-hybridized carbons (Fsp3) is 0.300. The van der Waals surface area contributed by atoms with Crippen molar-refractivity contribution in [2.24, 2.45) is 0 Å². The SMILES string of the molecule is COc1cc(C(=O)Nc2cc(N)ccc2C)ccc1OCC(=O)NC(C)C.Cl. The number of hydrogen-bond acceptors (Lipinski definition) is 5. The van der Waals surface area contributed by atoms with Gasteiger partial charge in [-0.05, 0) is 56.7 Å². The average molecular weight is 408 g/mol. The van der Waals surface area contributed by atoms with Crippen LogP contribution in [0.5, 0.6) is 11.5 Å². The first-order valence-electron chi connectivity index (χ1n) is 8.58. The summed E-state index contributed by atoms with van der Waals surface area (Å²) in [6, 6.07) is 10.1. The highest BCUT2D eigenvalue weighted by atomic mass is 35.5. The summed E-state index contributed by atoms with van der Waals surface area (Å²) in [4.78, 5) is 24.2. The first-order valence-corrected chi connectivity index (χ1v) is 8.58. The molecule has 28 heavy (non-hydrogen) atoms. The molecule has 0 saturated heterocycles. The predicted molar refractivity (Wildman–Crippen MR) is 113 cm³/mol. The van der Waals surface area contributed by atoms with Gasteiger partial charge in [0.25, 0.3) is 11.8 Å². The van der Waals surface area contributed by atoms with E-state index < -0.39 is 0 Å². The van der Waals surface area contributed by atoms with Crippen LogP contribution in [0.2, 0.25) is 0 Å². The van der Waals surface area contributed by atoms with Crippen molar-refractivity contribution in [1.82, 2.24) is 5.32 Å². The molecule has 2 amide bonds. The maximum absolute atomic E-state index is 12.5. The first kappa shape index (κ1) is 23.1. The summed E-state index contributed by atoms with van der Waals surface area (Å²) in [6.45, 7) is 5.49. The molecule has 0 aliphatic heterocycles. The van der Waals surface area contributed by atoms with Crippen LogP contribution in [0.3, 0.4) is 0 Å². The molecule has 0 bridgehead atoms. The third-order valence-electron chi connectivity index (χ3n) is 3.74. The minimum Gasteiger partial charge on any atom is -0.493 e. The minimum atomic E-state index is -0.300. The number of carbonyl (C=O) groups excluding carboxylic acids is 2. The van der Waals surface area contributed by atoms with Crippen molar-refractivity contribution in [2.45, 2.75) is 26.8 Å². The van der Waals surface area contributed by atoms with Crippen molar-refractivity contribution in [2.75, 3.05) is 24.8 Å². The van der Waals surface area contributed by atoms with E-state index in [-0.39, 0.29) is 36.9 Å². The van der Waals surface area contributed by atoms with Crippen LogP contribution in [0.25, 0.3) is 0 Å². The van der Waals surface area contributed by atoms with E-state index in [2.05, 4.69) is 10.6 Å². The zero-order valence-corrected chi connectivity index (χ0v) is 17.2. The molecule has 152 valence electrons.